The van der Waals surface area contributed by atoms with E-state index in [0.717, 1.165) is 18.5 Å². The SMILES string of the molecule is CN(C(=O)c1cnn(-c2ccccc2)c1)C1CCCCC1. The van der Waals surface area contributed by atoms with Crippen LogP contribution in [0.25, 0.3) is 5.69 Å². The fraction of sp³-hybridized carbons (Fsp3) is 0.412. The van der Waals surface area contributed by atoms with Crippen molar-refractivity contribution in [1.82, 2.24) is 14.7 Å². The van der Waals surface area contributed by atoms with Crippen LogP contribution in [0.3, 0.4) is 0 Å². The van der Waals surface area contributed by atoms with Crippen LogP contribution >= 0.6 is 0 Å². The lowest BCUT2D eigenvalue weighted by molar-refractivity contribution is 0.0696. The molecule has 1 aromatic heterocycles. The minimum Gasteiger partial charge on any atom is -0.339 e. The highest BCUT2D eigenvalue weighted by atomic mass is 16.2. The quantitative estimate of drug-likeness (QED) is 0.867. The summed E-state index contributed by atoms with van der Waals surface area (Å²) in [7, 11) is 1.91. The van der Waals surface area contributed by atoms with Gasteiger partial charge in [0.15, 0.2) is 0 Å². The van der Waals surface area contributed by atoms with Crippen molar-refractivity contribution in [2.24, 2.45) is 0 Å². The van der Waals surface area contributed by atoms with Crippen LogP contribution in [0, 0.1) is 0 Å². The molecule has 0 atom stereocenters. The van der Waals surface area contributed by atoms with Crippen molar-refractivity contribution >= 4 is 5.91 Å². The standard InChI is InChI=1S/C17H21N3O/c1-19(15-8-4-2-5-9-15)17(21)14-12-18-20(13-14)16-10-6-3-7-11-16/h3,6-7,10-13,15H,2,4-5,8-9H2,1H3. The van der Waals surface area contributed by atoms with Gasteiger partial charge in [0.25, 0.3) is 5.91 Å². The van der Waals surface area contributed by atoms with E-state index in [0.29, 0.717) is 11.6 Å². The van der Waals surface area contributed by atoms with Gasteiger partial charge in [-0.1, -0.05) is 37.5 Å². The normalized spacial score (nSPS) is 15.9. The van der Waals surface area contributed by atoms with Crippen LogP contribution in [0.4, 0.5) is 0 Å². The molecule has 1 aromatic carbocycles. The minimum atomic E-state index is 0.0732. The number of hydrogen-bond donors (Lipinski definition) is 0. The molecule has 1 amide bonds. The molecular weight excluding hydrogens is 262 g/mol. The van der Waals surface area contributed by atoms with Gasteiger partial charge >= 0.3 is 0 Å². The molecule has 1 heterocycles. The first-order chi connectivity index (χ1) is 10.3. The molecule has 110 valence electrons. The Labute approximate surface area is 125 Å². The molecule has 0 bridgehead atoms. The van der Waals surface area contributed by atoms with E-state index in [9.17, 15) is 4.79 Å². The Bertz CT molecular complexity index is 600. The van der Waals surface area contributed by atoms with E-state index in [2.05, 4.69) is 5.10 Å². The first kappa shape index (κ1) is 13.9. The van der Waals surface area contributed by atoms with E-state index in [1.54, 1.807) is 10.9 Å². The van der Waals surface area contributed by atoms with Gasteiger partial charge in [-0.25, -0.2) is 4.68 Å². The predicted molar refractivity (Wildman–Crippen MR) is 82.5 cm³/mol. The second-order valence-corrected chi connectivity index (χ2v) is 5.72. The van der Waals surface area contributed by atoms with Gasteiger partial charge in [0, 0.05) is 19.3 Å². The van der Waals surface area contributed by atoms with E-state index in [4.69, 9.17) is 0 Å². The zero-order chi connectivity index (χ0) is 14.7. The summed E-state index contributed by atoms with van der Waals surface area (Å²) in [5.41, 5.74) is 1.63. The smallest absolute Gasteiger partial charge is 0.257 e. The number of carbonyl (C=O) groups excluding carboxylic acids is 1. The van der Waals surface area contributed by atoms with Crippen molar-refractivity contribution in [3.63, 3.8) is 0 Å². The van der Waals surface area contributed by atoms with Crippen LogP contribution in [0.5, 0.6) is 0 Å². The molecule has 1 aliphatic carbocycles. The lowest BCUT2D eigenvalue weighted by Crippen LogP contribution is -2.38. The molecule has 0 aliphatic heterocycles. The van der Waals surface area contributed by atoms with Crippen molar-refractivity contribution in [3.8, 4) is 5.69 Å². The maximum atomic E-state index is 12.6. The number of benzene rings is 1. The number of aromatic nitrogens is 2. The predicted octanol–water partition coefficient (Wildman–Crippen LogP) is 3.28. The van der Waals surface area contributed by atoms with Gasteiger partial charge < -0.3 is 4.90 Å². The molecule has 1 aliphatic rings. The van der Waals surface area contributed by atoms with Gasteiger partial charge in [0.05, 0.1) is 17.4 Å². The third-order valence-corrected chi connectivity index (χ3v) is 4.29. The average molecular weight is 283 g/mol. The zero-order valence-electron chi connectivity index (χ0n) is 12.4. The van der Waals surface area contributed by atoms with Crippen molar-refractivity contribution in [1.29, 1.82) is 0 Å². The Kier molecular flexibility index (Phi) is 4.04. The Morgan fingerprint density at radius 2 is 1.90 bits per heavy atom. The fourth-order valence-corrected chi connectivity index (χ4v) is 2.99. The molecule has 1 fully saturated rings. The average Bonchev–Trinajstić information content (AvgIpc) is 3.05. The molecular formula is C17H21N3O. The summed E-state index contributed by atoms with van der Waals surface area (Å²) in [6, 6.07) is 10.2. The Morgan fingerprint density at radius 1 is 1.19 bits per heavy atom. The Hall–Kier alpha value is -2.10. The number of carbonyl (C=O) groups is 1. The number of hydrogen-bond acceptors (Lipinski definition) is 2. The maximum Gasteiger partial charge on any atom is 0.257 e. The van der Waals surface area contributed by atoms with E-state index in [-0.39, 0.29) is 5.91 Å². The molecule has 4 nitrogen and oxygen atoms in total. The van der Waals surface area contributed by atoms with Gasteiger partial charge in [0.1, 0.15) is 0 Å². The molecule has 2 aromatic rings. The third-order valence-electron chi connectivity index (χ3n) is 4.29. The largest absolute Gasteiger partial charge is 0.339 e. The molecule has 0 saturated heterocycles. The van der Waals surface area contributed by atoms with Crippen LogP contribution in [-0.2, 0) is 0 Å². The highest BCUT2D eigenvalue weighted by molar-refractivity contribution is 5.93. The fourth-order valence-electron chi connectivity index (χ4n) is 2.99. The van der Waals surface area contributed by atoms with Crippen molar-refractivity contribution < 1.29 is 4.79 Å². The van der Waals surface area contributed by atoms with Gasteiger partial charge in [-0.05, 0) is 25.0 Å². The van der Waals surface area contributed by atoms with Crippen molar-refractivity contribution in [3.05, 3.63) is 48.3 Å². The lowest BCUT2D eigenvalue weighted by atomic mass is 9.94. The van der Waals surface area contributed by atoms with Gasteiger partial charge in [-0.3, -0.25) is 4.79 Å². The summed E-state index contributed by atoms with van der Waals surface area (Å²) >= 11 is 0. The molecule has 0 unspecified atom stereocenters. The topological polar surface area (TPSA) is 38.1 Å². The molecule has 0 N–H and O–H groups in total. The molecule has 1 saturated carbocycles. The number of nitrogens with zero attached hydrogens (tertiary/aromatic N) is 3. The molecule has 4 heteroatoms. The Morgan fingerprint density at radius 3 is 2.62 bits per heavy atom. The van der Waals surface area contributed by atoms with Crippen LogP contribution in [0.2, 0.25) is 0 Å². The summed E-state index contributed by atoms with van der Waals surface area (Å²) in [6.07, 6.45) is 9.47. The van der Waals surface area contributed by atoms with Crippen LogP contribution in [0.1, 0.15) is 42.5 Å². The summed E-state index contributed by atoms with van der Waals surface area (Å²) in [4.78, 5) is 14.5. The summed E-state index contributed by atoms with van der Waals surface area (Å²) in [5.74, 6) is 0.0732. The van der Waals surface area contributed by atoms with Crippen molar-refractivity contribution in [2.45, 2.75) is 38.1 Å². The summed E-state index contributed by atoms with van der Waals surface area (Å²) in [5, 5.41) is 4.30. The van der Waals surface area contributed by atoms with E-state index < -0.39 is 0 Å². The number of para-hydroxylation sites is 1. The first-order valence-electron chi connectivity index (χ1n) is 7.63. The molecule has 0 spiro atoms. The minimum absolute atomic E-state index is 0.0732. The maximum absolute atomic E-state index is 12.6. The summed E-state index contributed by atoms with van der Waals surface area (Å²) in [6.45, 7) is 0. The van der Waals surface area contributed by atoms with E-state index in [1.165, 1.54) is 19.3 Å². The van der Waals surface area contributed by atoms with Crippen LogP contribution in [-0.4, -0.2) is 33.7 Å². The van der Waals surface area contributed by atoms with Gasteiger partial charge in [0.2, 0.25) is 0 Å². The lowest BCUT2D eigenvalue weighted by Gasteiger charge is -2.30. The number of rotatable bonds is 3. The molecule has 0 radical (unpaired) electrons. The second kappa shape index (κ2) is 6.12. The van der Waals surface area contributed by atoms with Crippen LogP contribution in [0.15, 0.2) is 42.7 Å². The van der Waals surface area contributed by atoms with Gasteiger partial charge in [-0.2, -0.15) is 5.10 Å². The molecule has 21 heavy (non-hydrogen) atoms. The highest BCUT2D eigenvalue weighted by Crippen LogP contribution is 2.23. The third kappa shape index (κ3) is 2.99. The highest BCUT2D eigenvalue weighted by Gasteiger charge is 2.23. The van der Waals surface area contributed by atoms with Crippen molar-refractivity contribution in [2.75, 3.05) is 7.05 Å². The van der Waals surface area contributed by atoms with Crippen LogP contribution < -0.4 is 0 Å². The number of amides is 1. The van der Waals surface area contributed by atoms with E-state index in [1.807, 2.05) is 48.5 Å². The monoisotopic (exact) mass is 283 g/mol. The molecule has 3 rings (SSSR count). The first-order valence-corrected chi connectivity index (χ1v) is 7.63. The van der Waals surface area contributed by atoms with Gasteiger partial charge in [-0.15, -0.1) is 0 Å². The second-order valence-electron chi connectivity index (χ2n) is 5.72. The van der Waals surface area contributed by atoms with E-state index >= 15 is 0 Å². The Balaban J connectivity index is 1.74. The summed E-state index contributed by atoms with van der Waals surface area (Å²) < 4.78 is 1.75. The zero-order valence-corrected chi connectivity index (χ0v) is 12.4.